The fourth-order valence-electron chi connectivity index (χ4n) is 1.82. The van der Waals surface area contributed by atoms with Gasteiger partial charge in [0.15, 0.2) is 5.82 Å². The number of nitrogens with one attached hydrogen (secondary N) is 1. The molecule has 3 heterocycles. The molecule has 0 radical (unpaired) electrons. The van der Waals surface area contributed by atoms with Crippen LogP contribution in [0.25, 0.3) is 11.5 Å². The summed E-state index contributed by atoms with van der Waals surface area (Å²) in [7, 11) is 0. The lowest BCUT2D eigenvalue weighted by Crippen LogP contribution is -2.15. The van der Waals surface area contributed by atoms with Gasteiger partial charge in [0.25, 0.3) is 5.91 Å². The van der Waals surface area contributed by atoms with E-state index in [0.29, 0.717) is 22.9 Å². The standard InChI is InChI=1S/C15H12N6O/c1-10-18-13(12-4-2-3-7-17-12)20-15(19-10)21-14(22)11-5-8-16-9-6-11/h2-9H,1H3,(H,18,19,20,21,22). The fourth-order valence-corrected chi connectivity index (χ4v) is 1.82. The highest BCUT2D eigenvalue weighted by molar-refractivity contribution is 6.03. The third-order valence-electron chi connectivity index (χ3n) is 2.81. The first-order chi connectivity index (χ1) is 10.7. The smallest absolute Gasteiger partial charge is 0.258 e. The maximum Gasteiger partial charge on any atom is 0.258 e. The first kappa shape index (κ1) is 13.7. The van der Waals surface area contributed by atoms with Crippen molar-refractivity contribution in [2.24, 2.45) is 0 Å². The van der Waals surface area contributed by atoms with E-state index in [9.17, 15) is 4.79 Å². The van der Waals surface area contributed by atoms with Crippen molar-refractivity contribution in [3.63, 3.8) is 0 Å². The molecular formula is C15H12N6O. The highest BCUT2D eigenvalue weighted by atomic mass is 16.1. The molecule has 0 aliphatic carbocycles. The van der Waals surface area contributed by atoms with Crippen LogP contribution in [0.2, 0.25) is 0 Å². The molecule has 0 fully saturated rings. The van der Waals surface area contributed by atoms with Crippen LogP contribution in [-0.2, 0) is 0 Å². The molecule has 22 heavy (non-hydrogen) atoms. The van der Waals surface area contributed by atoms with Gasteiger partial charge in [-0.25, -0.2) is 4.98 Å². The molecule has 3 rings (SSSR count). The van der Waals surface area contributed by atoms with E-state index in [4.69, 9.17) is 0 Å². The van der Waals surface area contributed by atoms with Crippen molar-refractivity contribution in [3.8, 4) is 11.5 Å². The third-order valence-corrected chi connectivity index (χ3v) is 2.81. The van der Waals surface area contributed by atoms with Gasteiger partial charge < -0.3 is 0 Å². The van der Waals surface area contributed by atoms with E-state index in [1.165, 1.54) is 0 Å². The molecule has 7 heteroatoms. The van der Waals surface area contributed by atoms with E-state index in [0.717, 1.165) is 0 Å². The van der Waals surface area contributed by atoms with Gasteiger partial charge >= 0.3 is 0 Å². The van der Waals surface area contributed by atoms with Crippen LogP contribution in [0, 0.1) is 6.92 Å². The lowest BCUT2D eigenvalue weighted by molar-refractivity contribution is 0.102. The van der Waals surface area contributed by atoms with Crippen molar-refractivity contribution in [2.75, 3.05) is 5.32 Å². The molecule has 0 spiro atoms. The molecule has 1 N–H and O–H groups in total. The van der Waals surface area contributed by atoms with E-state index < -0.39 is 0 Å². The number of aromatic nitrogens is 5. The lowest BCUT2D eigenvalue weighted by Gasteiger charge is -2.06. The number of anilines is 1. The zero-order chi connectivity index (χ0) is 15.4. The van der Waals surface area contributed by atoms with Crippen LogP contribution in [0.15, 0.2) is 48.9 Å². The molecule has 108 valence electrons. The topological polar surface area (TPSA) is 93.6 Å². The van der Waals surface area contributed by atoms with Gasteiger partial charge in [0.05, 0.1) is 0 Å². The van der Waals surface area contributed by atoms with Crippen LogP contribution in [0.3, 0.4) is 0 Å². The Morgan fingerprint density at radius 1 is 1.00 bits per heavy atom. The summed E-state index contributed by atoms with van der Waals surface area (Å²) in [6.07, 6.45) is 4.75. The molecule has 1 amide bonds. The number of hydrogen-bond acceptors (Lipinski definition) is 6. The van der Waals surface area contributed by atoms with Crippen molar-refractivity contribution in [2.45, 2.75) is 6.92 Å². The molecule has 3 aromatic heterocycles. The first-order valence-electron chi connectivity index (χ1n) is 6.58. The van der Waals surface area contributed by atoms with Crippen LogP contribution >= 0.6 is 0 Å². The Balaban J connectivity index is 1.89. The number of nitrogens with zero attached hydrogens (tertiary/aromatic N) is 5. The Bertz CT molecular complexity index is 792. The van der Waals surface area contributed by atoms with Crippen molar-refractivity contribution in [1.29, 1.82) is 0 Å². The van der Waals surface area contributed by atoms with Crippen LogP contribution in [0.1, 0.15) is 16.2 Å². The monoisotopic (exact) mass is 292 g/mol. The predicted molar refractivity (Wildman–Crippen MR) is 80.0 cm³/mol. The zero-order valence-electron chi connectivity index (χ0n) is 11.8. The van der Waals surface area contributed by atoms with E-state index in [1.807, 2.05) is 12.1 Å². The molecule has 0 atom stereocenters. The molecule has 7 nitrogen and oxygen atoms in total. The number of pyridine rings is 2. The van der Waals surface area contributed by atoms with Gasteiger partial charge in [0.1, 0.15) is 11.5 Å². The van der Waals surface area contributed by atoms with E-state index in [1.54, 1.807) is 43.7 Å². The maximum atomic E-state index is 12.1. The average Bonchev–Trinajstić information content (AvgIpc) is 2.56. The Labute approximate surface area is 126 Å². The van der Waals surface area contributed by atoms with E-state index >= 15 is 0 Å². The average molecular weight is 292 g/mol. The minimum atomic E-state index is -0.306. The third kappa shape index (κ3) is 3.09. The van der Waals surface area contributed by atoms with E-state index in [-0.39, 0.29) is 11.9 Å². The molecule has 0 unspecified atom stereocenters. The van der Waals surface area contributed by atoms with Gasteiger partial charge in [-0.2, -0.15) is 9.97 Å². The van der Waals surface area contributed by atoms with Crippen molar-refractivity contribution in [3.05, 3.63) is 60.3 Å². The van der Waals surface area contributed by atoms with Crippen molar-refractivity contribution >= 4 is 11.9 Å². The second-order valence-electron chi connectivity index (χ2n) is 4.43. The summed E-state index contributed by atoms with van der Waals surface area (Å²) >= 11 is 0. The maximum absolute atomic E-state index is 12.1. The Morgan fingerprint density at radius 3 is 2.55 bits per heavy atom. The molecule has 0 aliphatic rings. The van der Waals surface area contributed by atoms with Crippen molar-refractivity contribution in [1.82, 2.24) is 24.9 Å². The van der Waals surface area contributed by atoms with Gasteiger partial charge in [0.2, 0.25) is 5.95 Å². The molecular weight excluding hydrogens is 280 g/mol. The highest BCUT2D eigenvalue weighted by Gasteiger charge is 2.11. The fraction of sp³-hybridized carbons (Fsp3) is 0.0667. The van der Waals surface area contributed by atoms with Gasteiger partial charge in [-0.05, 0) is 31.2 Å². The van der Waals surface area contributed by atoms with Gasteiger partial charge in [-0.3, -0.25) is 20.1 Å². The number of hydrogen-bond donors (Lipinski definition) is 1. The van der Waals surface area contributed by atoms with Gasteiger partial charge in [-0.15, -0.1) is 0 Å². The number of aryl methyl sites for hydroxylation is 1. The molecule has 3 aromatic rings. The van der Waals surface area contributed by atoms with E-state index in [2.05, 4.69) is 30.2 Å². The lowest BCUT2D eigenvalue weighted by atomic mass is 10.2. The van der Waals surface area contributed by atoms with Crippen LogP contribution < -0.4 is 5.32 Å². The summed E-state index contributed by atoms with van der Waals surface area (Å²) in [6, 6.07) is 8.68. The second-order valence-corrected chi connectivity index (χ2v) is 4.43. The SMILES string of the molecule is Cc1nc(NC(=O)c2ccncc2)nc(-c2ccccn2)n1. The Kier molecular flexibility index (Phi) is 3.78. The quantitative estimate of drug-likeness (QED) is 0.792. The van der Waals surface area contributed by atoms with Crippen LogP contribution in [0.4, 0.5) is 5.95 Å². The summed E-state index contributed by atoms with van der Waals surface area (Å²) < 4.78 is 0. The van der Waals surface area contributed by atoms with Crippen LogP contribution in [-0.4, -0.2) is 30.8 Å². The molecule has 0 saturated heterocycles. The summed E-state index contributed by atoms with van der Waals surface area (Å²) in [6.45, 7) is 1.73. The normalized spacial score (nSPS) is 10.2. The number of carbonyl (C=O) groups excluding carboxylic acids is 1. The first-order valence-corrected chi connectivity index (χ1v) is 6.58. The number of carbonyl (C=O) groups is 1. The predicted octanol–water partition coefficient (Wildman–Crippen LogP) is 1.89. The molecule has 0 saturated carbocycles. The summed E-state index contributed by atoms with van der Waals surface area (Å²) in [5.41, 5.74) is 1.10. The van der Waals surface area contributed by atoms with Gasteiger partial charge in [0, 0.05) is 24.2 Å². The van der Waals surface area contributed by atoms with Gasteiger partial charge in [-0.1, -0.05) is 6.07 Å². The largest absolute Gasteiger partial charge is 0.290 e. The minimum Gasteiger partial charge on any atom is -0.290 e. The van der Waals surface area contributed by atoms with Crippen LogP contribution in [0.5, 0.6) is 0 Å². The molecule has 0 aromatic carbocycles. The van der Waals surface area contributed by atoms with Crippen molar-refractivity contribution < 1.29 is 4.79 Å². The Morgan fingerprint density at radius 2 is 1.82 bits per heavy atom. The minimum absolute atomic E-state index is 0.190. The summed E-state index contributed by atoms with van der Waals surface area (Å²) in [4.78, 5) is 32.8. The summed E-state index contributed by atoms with van der Waals surface area (Å²) in [5.74, 6) is 0.800. The Hall–Kier alpha value is -3.22. The summed E-state index contributed by atoms with van der Waals surface area (Å²) in [5, 5.41) is 2.65. The highest BCUT2D eigenvalue weighted by Crippen LogP contribution is 2.13. The number of amides is 1. The molecule has 0 aliphatic heterocycles. The zero-order valence-corrected chi connectivity index (χ0v) is 11.8. The number of rotatable bonds is 3. The molecule has 0 bridgehead atoms. The second kappa shape index (κ2) is 6.04.